The molecule has 0 saturated carbocycles. The van der Waals surface area contributed by atoms with Crippen LogP contribution in [0.4, 0.5) is 0 Å². The summed E-state index contributed by atoms with van der Waals surface area (Å²) in [6.45, 7) is 4.06. The molecule has 26 heavy (non-hydrogen) atoms. The summed E-state index contributed by atoms with van der Waals surface area (Å²) in [7, 11) is 0. The largest absolute Gasteiger partial charge is 0.268 e. The Morgan fingerprint density at radius 2 is 1.96 bits per heavy atom. The third-order valence-electron chi connectivity index (χ3n) is 4.69. The molecule has 0 aliphatic heterocycles. The van der Waals surface area contributed by atoms with Crippen LogP contribution in [-0.4, -0.2) is 15.3 Å². The van der Waals surface area contributed by atoms with Gasteiger partial charge in [0.05, 0.1) is 22.9 Å². The molecule has 1 aliphatic rings. The van der Waals surface area contributed by atoms with Crippen LogP contribution in [0.15, 0.2) is 28.2 Å². The average Bonchev–Trinajstić information content (AvgIpc) is 2.97. The number of thioether (sulfide) groups is 1. The van der Waals surface area contributed by atoms with E-state index in [1.54, 1.807) is 15.9 Å². The second-order valence-corrected chi connectivity index (χ2v) is 8.74. The summed E-state index contributed by atoms with van der Waals surface area (Å²) in [5.74, 6) is 0.272. The number of nitriles is 1. The number of fused-ring (bicyclic) bond motifs is 3. The fraction of sp³-hybridized carbons (Fsp3) is 0.350. The van der Waals surface area contributed by atoms with Gasteiger partial charge in [-0.25, -0.2) is 4.98 Å². The normalized spacial score (nSPS) is 13.6. The zero-order valence-corrected chi connectivity index (χ0v) is 16.5. The summed E-state index contributed by atoms with van der Waals surface area (Å²) >= 11 is 2.98. The van der Waals surface area contributed by atoms with Crippen LogP contribution in [-0.2, 0) is 12.8 Å². The van der Waals surface area contributed by atoms with Gasteiger partial charge in [-0.3, -0.25) is 9.36 Å². The van der Waals surface area contributed by atoms with Crippen molar-refractivity contribution in [2.24, 2.45) is 0 Å². The first kappa shape index (κ1) is 17.3. The smallest absolute Gasteiger partial charge is 0.267 e. The summed E-state index contributed by atoms with van der Waals surface area (Å²) < 4.78 is 1.70. The zero-order valence-electron chi connectivity index (χ0n) is 14.8. The van der Waals surface area contributed by atoms with Crippen molar-refractivity contribution >= 4 is 33.3 Å². The first-order valence-electron chi connectivity index (χ1n) is 8.74. The van der Waals surface area contributed by atoms with Crippen LogP contribution < -0.4 is 5.56 Å². The summed E-state index contributed by atoms with van der Waals surface area (Å²) in [6, 6.07) is 8.26. The molecule has 2 aromatic heterocycles. The number of benzene rings is 1. The average molecular weight is 382 g/mol. The maximum absolute atomic E-state index is 13.5. The van der Waals surface area contributed by atoms with E-state index in [0.717, 1.165) is 46.3 Å². The van der Waals surface area contributed by atoms with E-state index in [2.05, 4.69) is 12.1 Å². The summed E-state index contributed by atoms with van der Waals surface area (Å²) in [5.41, 5.74) is 4.24. The van der Waals surface area contributed by atoms with Gasteiger partial charge in [-0.15, -0.1) is 11.3 Å². The number of aromatic nitrogens is 2. The Morgan fingerprint density at radius 1 is 1.23 bits per heavy atom. The minimum Gasteiger partial charge on any atom is -0.268 e. The minimum absolute atomic E-state index is 0.000148. The van der Waals surface area contributed by atoms with Gasteiger partial charge in [0.25, 0.3) is 5.56 Å². The van der Waals surface area contributed by atoms with Crippen LogP contribution in [0.1, 0.15) is 34.4 Å². The van der Waals surface area contributed by atoms with Crippen LogP contribution in [0, 0.1) is 25.2 Å². The molecule has 0 atom stereocenters. The van der Waals surface area contributed by atoms with E-state index >= 15 is 0 Å². The van der Waals surface area contributed by atoms with Gasteiger partial charge in [0.2, 0.25) is 0 Å². The topological polar surface area (TPSA) is 58.7 Å². The monoisotopic (exact) mass is 381 g/mol. The van der Waals surface area contributed by atoms with Crippen molar-refractivity contribution in [3.05, 3.63) is 50.1 Å². The van der Waals surface area contributed by atoms with Crippen molar-refractivity contribution in [1.29, 1.82) is 5.26 Å². The molecule has 2 heterocycles. The molecule has 6 heteroatoms. The van der Waals surface area contributed by atoms with E-state index in [4.69, 9.17) is 10.2 Å². The van der Waals surface area contributed by atoms with Gasteiger partial charge < -0.3 is 0 Å². The second-order valence-electron chi connectivity index (χ2n) is 6.72. The lowest BCUT2D eigenvalue weighted by atomic mass is 9.97. The lowest BCUT2D eigenvalue weighted by molar-refractivity contribution is 0.699. The number of hydrogen-bond acceptors (Lipinski definition) is 5. The molecule has 3 aromatic rings. The molecule has 132 valence electrons. The predicted molar refractivity (Wildman–Crippen MR) is 108 cm³/mol. The van der Waals surface area contributed by atoms with Gasteiger partial charge in [0.1, 0.15) is 4.83 Å². The Balaban J connectivity index is 2.04. The van der Waals surface area contributed by atoms with Crippen molar-refractivity contribution in [3.63, 3.8) is 0 Å². The summed E-state index contributed by atoms with van der Waals surface area (Å²) in [5, 5.41) is 10.4. The number of thiophene rings is 1. The first-order valence-corrected chi connectivity index (χ1v) is 10.5. The van der Waals surface area contributed by atoms with E-state index in [9.17, 15) is 4.79 Å². The van der Waals surface area contributed by atoms with Gasteiger partial charge in [-0.1, -0.05) is 17.8 Å². The Bertz CT molecular complexity index is 1080. The maximum Gasteiger partial charge on any atom is 0.267 e. The quantitative estimate of drug-likeness (QED) is 0.493. The summed E-state index contributed by atoms with van der Waals surface area (Å²) in [6.07, 6.45) is 4.32. The van der Waals surface area contributed by atoms with E-state index in [0.29, 0.717) is 5.16 Å². The molecule has 0 unspecified atom stereocenters. The van der Waals surface area contributed by atoms with Gasteiger partial charge in [-0.05, 0) is 68.4 Å². The van der Waals surface area contributed by atoms with Gasteiger partial charge in [0, 0.05) is 4.88 Å². The Kier molecular flexibility index (Phi) is 4.60. The third-order valence-corrected chi connectivity index (χ3v) is 6.68. The van der Waals surface area contributed by atoms with Gasteiger partial charge in [0.15, 0.2) is 5.16 Å². The fourth-order valence-electron chi connectivity index (χ4n) is 3.69. The highest BCUT2D eigenvalue weighted by molar-refractivity contribution is 7.99. The first-order chi connectivity index (χ1) is 12.6. The highest BCUT2D eigenvalue weighted by Crippen LogP contribution is 2.35. The van der Waals surface area contributed by atoms with Gasteiger partial charge >= 0.3 is 0 Å². The van der Waals surface area contributed by atoms with Crippen molar-refractivity contribution in [2.45, 2.75) is 44.7 Å². The molecule has 4 nitrogen and oxygen atoms in total. The van der Waals surface area contributed by atoms with Crippen LogP contribution in [0.2, 0.25) is 0 Å². The molecule has 0 fully saturated rings. The predicted octanol–water partition coefficient (Wildman–Crippen LogP) is 4.56. The number of hydrogen-bond donors (Lipinski definition) is 0. The SMILES string of the molecule is Cc1cc(C)cc(-n2c(SCC#N)nc3sc4c(c3c2=O)CCCC4)c1. The molecule has 0 amide bonds. The van der Waals surface area contributed by atoms with Crippen LogP contribution >= 0.6 is 23.1 Å². The van der Waals surface area contributed by atoms with Crippen molar-refractivity contribution < 1.29 is 0 Å². The van der Waals surface area contributed by atoms with E-state index in [-0.39, 0.29) is 11.3 Å². The molecule has 0 radical (unpaired) electrons. The van der Waals surface area contributed by atoms with Crippen LogP contribution in [0.5, 0.6) is 0 Å². The molecule has 4 rings (SSSR count). The second kappa shape index (κ2) is 6.90. The molecule has 0 spiro atoms. The lowest BCUT2D eigenvalue weighted by Gasteiger charge is -2.14. The van der Waals surface area contributed by atoms with E-state index in [1.165, 1.54) is 28.6 Å². The summed E-state index contributed by atoms with van der Waals surface area (Å²) in [4.78, 5) is 20.4. The molecular formula is C20H19N3OS2. The molecule has 0 N–H and O–H groups in total. The molecular weight excluding hydrogens is 362 g/mol. The van der Waals surface area contributed by atoms with Crippen molar-refractivity contribution in [3.8, 4) is 11.8 Å². The Hall–Kier alpha value is -2.10. The number of aryl methyl sites for hydroxylation is 4. The zero-order chi connectivity index (χ0) is 18.3. The number of nitrogens with zero attached hydrogens (tertiary/aromatic N) is 3. The highest BCUT2D eigenvalue weighted by atomic mass is 32.2. The molecule has 1 aromatic carbocycles. The van der Waals surface area contributed by atoms with E-state index in [1.807, 2.05) is 26.0 Å². The van der Waals surface area contributed by atoms with E-state index < -0.39 is 0 Å². The van der Waals surface area contributed by atoms with Crippen LogP contribution in [0.3, 0.4) is 0 Å². The molecule has 1 aliphatic carbocycles. The standard InChI is InChI=1S/C20H19N3OS2/c1-12-9-13(2)11-14(10-12)23-19(24)17-15-5-3-4-6-16(15)26-18(17)22-20(23)25-8-7-21/h9-11H,3-6,8H2,1-2H3. The fourth-order valence-corrected chi connectivity index (χ4v) is 5.66. The Labute approximate surface area is 160 Å². The molecule has 0 bridgehead atoms. The molecule has 0 saturated heterocycles. The van der Waals surface area contributed by atoms with Crippen molar-refractivity contribution in [1.82, 2.24) is 9.55 Å². The maximum atomic E-state index is 13.5. The van der Waals surface area contributed by atoms with Crippen molar-refractivity contribution in [2.75, 3.05) is 5.75 Å². The Morgan fingerprint density at radius 3 is 2.69 bits per heavy atom. The third kappa shape index (κ3) is 2.95. The minimum atomic E-state index is -0.000148. The van der Waals surface area contributed by atoms with Crippen LogP contribution in [0.25, 0.3) is 15.9 Å². The lowest BCUT2D eigenvalue weighted by Crippen LogP contribution is -2.22. The number of rotatable bonds is 3. The van der Waals surface area contributed by atoms with Gasteiger partial charge in [-0.2, -0.15) is 5.26 Å². The highest BCUT2D eigenvalue weighted by Gasteiger charge is 2.23.